The summed E-state index contributed by atoms with van der Waals surface area (Å²) >= 11 is 1.42. The molecule has 1 heterocycles. The maximum atomic E-state index is 10.7. The second kappa shape index (κ2) is 5.71. The van der Waals surface area contributed by atoms with Gasteiger partial charge in [-0.15, -0.1) is 11.3 Å². The SMILES string of the molecule is COc1ccc(N=c2scc(CC(=O)O)n2C)cc1. The second-order valence-corrected chi connectivity index (χ2v) is 4.79. The first kappa shape index (κ1) is 13.4. The third-order valence-electron chi connectivity index (χ3n) is 2.65. The number of methoxy groups -OCH3 is 1. The summed E-state index contributed by atoms with van der Waals surface area (Å²) in [5.41, 5.74) is 1.55. The highest BCUT2D eigenvalue weighted by molar-refractivity contribution is 7.07. The minimum atomic E-state index is -0.843. The van der Waals surface area contributed by atoms with Gasteiger partial charge in [0.2, 0.25) is 0 Å². The van der Waals surface area contributed by atoms with Crippen LogP contribution in [0.2, 0.25) is 0 Å². The van der Waals surface area contributed by atoms with Crippen LogP contribution in [-0.2, 0) is 18.3 Å². The Labute approximate surface area is 114 Å². The summed E-state index contributed by atoms with van der Waals surface area (Å²) in [6, 6.07) is 7.39. The largest absolute Gasteiger partial charge is 0.497 e. The van der Waals surface area contributed by atoms with Crippen LogP contribution in [0, 0.1) is 0 Å². The van der Waals surface area contributed by atoms with Crippen molar-refractivity contribution in [1.29, 1.82) is 0 Å². The molecule has 0 saturated carbocycles. The van der Waals surface area contributed by atoms with Gasteiger partial charge in [0.15, 0.2) is 4.80 Å². The molecule has 100 valence electrons. The monoisotopic (exact) mass is 278 g/mol. The van der Waals surface area contributed by atoms with Crippen LogP contribution >= 0.6 is 11.3 Å². The molecule has 0 spiro atoms. The first-order valence-corrected chi connectivity index (χ1v) is 6.52. The van der Waals surface area contributed by atoms with Crippen LogP contribution in [0.25, 0.3) is 0 Å². The van der Waals surface area contributed by atoms with E-state index in [-0.39, 0.29) is 6.42 Å². The second-order valence-electron chi connectivity index (χ2n) is 3.95. The van der Waals surface area contributed by atoms with Crippen molar-refractivity contribution in [2.45, 2.75) is 6.42 Å². The van der Waals surface area contributed by atoms with Gasteiger partial charge in [0.05, 0.1) is 19.2 Å². The predicted molar refractivity (Wildman–Crippen MR) is 72.8 cm³/mol. The van der Waals surface area contributed by atoms with Crippen molar-refractivity contribution in [2.24, 2.45) is 12.0 Å². The third-order valence-corrected chi connectivity index (χ3v) is 3.61. The molecule has 0 aliphatic heterocycles. The molecule has 1 N–H and O–H groups in total. The molecule has 6 heteroatoms. The average molecular weight is 278 g/mol. The molecule has 0 aliphatic rings. The Kier molecular flexibility index (Phi) is 4.01. The minimum absolute atomic E-state index is 0.00509. The van der Waals surface area contributed by atoms with Crippen LogP contribution in [-0.4, -0.2) is 22.8 Å². The van der Waals surface area contributed by atoms with E-state index in [0.717, 1.165) is 21.9 Å². The molecule has 2 rings (SSSR count). The van der Waals surface area contributed by atoms with E-state index in [1.165, 1.54) is 11.3 Å². The van der Waals surface area contributed by atoms with Gasteiger partial charge in [0.1, 0.15) is 5.75 Å². The molecular formula is C13H14N2O3S. The Morgan fingerprint density at radius 1 is 1.42 bits per heavy atom. The Bertz CT molecular complexity index is 641. The van der Waals surface area contributed by atoms with E-state index in [1.54, 1.807) is 11.7 Å². The van der Waals surface area contributed by atoms with E-state index >= 15 is 0 Å². The smallest absolute Gasteiger partial charge is 0.309 e. The molecule has 0 saturated heterocycles. The van der Waals surface area contributed by atoms with Crippen molar-refractivity contribution >= 4 is 23.0 Å². The first-order chi connectivity index (χ1) is 9.10. The highest BCUT2D eigenvalue weighted by Gasteiger charge is 2.06. The summed E-state index contributed by atoms with van der Waals surface area (Å²) in [6.07, 6.45) is 0.00509. The summed E-state index contributed by atoms with van der Waals surface area (Å²) < 4.78 is 6.88. The lowest BCUT2D eigenvalue weighted by atomic mass is 10.3. The number of carbonyl (C=O) groups is 1. The average Bonchev–Trinajstić information content (AvgIpc) is 2.72. The summed E-state index contributed by atoms with van der Waals surface area (Å²) in [4.78, 5) is 15.9. The number of aliphatic carboxylic acids is 1. The van der Waals surface area contributed by atoms with Gasteiger partial charge in [-0.1, -0.05) is 0 Å². The highest BCUT2D eigenvalue weighted by Crippen LogP contribution is 2.17. The van der Waals surface area contributed by atoms with Crippen molar-refractivity contribution in [3.63, 3.8) is 0 Å². The summed E-state index contributed by atoms with van der Waals surface area (Å²) in [6.45, 7) is 0. The molecule has 19 heavy (non-hydrogen) atoms. The molecule has 2 aromatic rings. The van der Waals surface area contributed by atoms with Gasteiger partial charge >= 0.3 is 5.97 Å². The van der Waals surface area contributed by atoms with Crippen LogP contribution in [0.15, 0.2) is 34.6 Å². The zero-order valence-electron chi connectivity index (χ0n) is 10.7. The maximum Gasteiger partial charge on any atom is 0.309 e. The van der Waals surface area contributed by atoms with Crippen molar-refractivity contribution in [3.8, 4) is 5.75 Å². The topological polar surface area (TPSA) is 63.8 Å². The van der Waals surface area contributed by atoms with E-state index in [0.29, 0.717) is 0 Å². The van der Waals surface area contributed by atoms with Gasteiger partial charge in [-0.25, -0.2) is 4.99 Å². The zero-order valence-corrected chi connectivity index (χ0v) is 11.5. The Hall–Kier alpha value is -2.08. The molecule has 0 amide bonds. The van der Waals surface area contributed by atoms with Crippen LogP contribution in [0.1, 0.15) is 5.69 Å². The van der Waals surface area contributed by atoms with Crippen molar-refractivity contribution in [3.05, 3.63) is 40.1 Å². The van der Waals surface area contributed by atoms with Gasteiger partial charge in [-0.05, 0) is 24.3 Å². The molecule has 1 aromatic heterocycles. The Morgan fingerprint density at radius 2 is 2.11 bits per heavy atom. The number of rotatable bonds is 4. The molecule has 5 nitrogen and oxygen atoms in total. The fourth-order valence-electron chi connectivity index (χ4n) is 1.59. The van der Waals surface area contributed by atoms with Crippen LogP contribution in [0.5, 0.6) is 5.75 Å². The fraction of sp³-hybridized carbons (Fsp3) is 0.231. The van der Waals surface area contributed by atoms with Crippen molar-refractivity contribution in [1.82, 2.24) is 4.57 Å². The van der Waals surface area contributed by atoms with E-state index in [1.807, 2.05) is 36.7 Å². The van der Waals surface area contributed by atoms with Crippen molar-refractivity contribution < 1.29 is 14.6 Å². The number of ether oxygens (including phenoxy) is 1. The number of thiazole rings is 1. The fourth-order valence-corrected chi connectivity index (χ4v) is 2.50. The van der Waals surface area contributed by atoms with E-state index in [9.17, 15) is 4.79 Å². The number of benzene rings is 1. The first-order valence-electron chi connectivity index (χ1n) is 5.64. The molecule has 0 fully saturated rings. The van der Waals surface area contributed by atoms with Crippen LogP contribution < -0.4 is 9.54 Å². The molecule has 0 radical (unpaired) electrons. The minimum Gasteiger partial charge on any atom is -0.497 e. The Morgan fingerprint density at radius 3 is 2.68 bits per heavy atom. The number of aromatic nitrogens is 1. The molecule has 0 unspecified atom stereocenters. The van der Waals surface area contributed by atoms with Crippen LogP contribution in [0.4, 0.5) is 5.69 Å². The number of carboxylic acids is 1. The maximum absolute atomic E-state index is 10.7. The lowest BCUT2D eigenvalue weighted by molar-refractivity contribution is -0.136. The van der Waals surface area contributed by atoms with Gasteiger partial charge in [0, 0.05) is 18.1 Å². The normalized spacial score (nSPS) is 11.6. The summed E-state index contributed by atoms with van der Waals surface area (Å²) in [7, 11) is 3.43. The number of hydrogen-bond donors (Lipinski definition) is 1. The standard InChI is InChI=1S/C13H14N2O3S/c1-15-10(7-12(16)17)8-19-13(15)14-9-3-5-11(18-2)6-4-9/h3-6,8H,7H2,1-2H3,(H,16,17). The number of nitrogens with zero attached hydrogens (tertiary/aromatic N) is 2. The number of hydrogen-bond acceptors (Lipinski definition) is 4. The molecule has 0 bridgehead atoms. The third kappa shape index (κ3) is 3.23. The quantitative estimate of drug-likeness (QED) is 0.929. The van der Waals surface area contributed by atoms with E-state index in [2.05, 4.69) is 4.99 Å². The Balaban J connectivity index is 2.32. The molecule has 1 aromatic carbocycles. The summed E-state index contributed by atoms with van der Waals surface area (Å²) in [5.74, 6) is -0.0644. The lowest BCUT2D eigenvalue weighted by Gasteiger charge is -2.00. The molecular weight excluding hydrogens is 264 g/mol. The van der Waals surface area contributed by atoms with Gasteiger partial charge in [-0.3, -0.25) is 4.79 Å². The van der Waals surface area contributed by atoms with E-state index < -0.39 is 5.97 Å². The van der Waals surface area contributed by atoms with Crippen molar-refractivity contribution in [2.75, 3.05) is 7.11 Å². The van der Waals surface area contributed by atoms with E-state index in [4.69, 9.17) is 9.84 Å². The number of carboxylic acid groups (broad SMARTS) is 1. The summed E-state index contributed by atoms with van der Waals surface area (Å²) in [5, 5.41) is 10.6. The van der Waals surface area contributed by atoms with Gasteiger partial charge in [0.25, 0.3) is 0 Å². The zero-order chi connectivity index (χ0) is 13.8. The lowest BCUT2D eigenvalue weighted by Crippen LogP contribution is -2.15. The van der Waals surface area contributed by atoms with Crippen LogP contribution in [0.3, 0.4) is 0 Å². The predicted octanol–water partition coefficient (Wildman–Crippen LogP) is 1.95. The molecule has 0 atom stereocenters. The van der Waals surface area contributed by atoms with Gasteiger partial charge in [-0.2, -0.15) is 0 Å². The molecule has 0 aliphatic carbocycles. The van der Waals surface area contributed by atoms with Gasteiger partial charge < -0.3 is 14.4 Å². The highest BCUT2D eigenvalue weighted by atomic mass is 32.1.